The quantitative estimate of drug-likeness (QED) is 0.659. The van der Waals surface area contributed by atoms with E-state index in [4.69, 9.17) is 4.98 Å². The summed E-state index contributed by atoms with van der Waals surface area (Å²) in [4.78, 5) is 16.8. The van der Waals surface area contributed by atoms with E-state index in [0.717, 1.165) is 47.7 Å². The summed E-state index contributed by atoms with van der Waals surface area (Å²) in [6.07, 6.45) is 13.7. The maximum Gasteiger partial charge on any atom is 0.212 e. The highest BCUT2D eigenvalue weighted by molar-refractivity contribution is 5.68. The molecule has 0 spiro atoms. The van der Waals surface area contributed by atoms with Gasteiger partial charge in [-0.15, -0.1) is 0 Å². The van der Waals surface area contributed by atoms with Crippen molar-refractivity contribution in [2.75, 3.05) is 23.3 Å². The summed E-state index contributed by atoms with van der Waals surface area (Å²) in [6.45, 7) is 4.35. The SMILES string of the molecule is CC(Nc1cc(-c2cc3nccn3c(N3CC4CC3CN4)n2)ccn1)C1CCCCC1. The third kappa shape index (κ3) is 3.55. The molecule has 3 unspecified atom stereocenters. The molecule has 2 aliphatic heterocycles. The maximum absolute atomic E-state index is 5.12. The topological polar surface area (TPSA) is 70.4 Å². The first-order valence-corrected chi connectivity index (χ1v) is 11.8. The molecule has 162 valence electrons. The molecule has 3 aromatic rings. The van der Waals surface area contributed by atoms with Crippen molar-refractivity contribution in [3.63, 3.8) is 0 Å². The minimum atomic E-state index is 0.439. The number of imidazole rings is 1. The molecule has 3 aromatic heterocycles. The number of fused-ring (bicyclic) bond motifs is 3. The van der Waals surface area contributed by atoms with Crippen molar-refractivity contribution in [1.82, 2.24) is 24.7 Å². The molecule has 6 rings (SSSR count). The van der Waals surface area contributed by atoms with Gasteiger partial charge in [-0.3, -0.25) is 4.40 Å². The van der Waals surface area contributed by atoms with Crippen LogP contribution in [0.3, 0.4) is 0 Å². The number of aromatic nitrogens is 4. The van der Waals surface area contributed by atoms with Crippen LogP contribution in [0.1, 0.15) is 45.4 Å². The zero-order chi connectivity index (χ0) is 20.8. The van der Waals surface area contributed by atoms with E-state index in [-0.39, 0.29) is 0 Å². The fourth-order valence-corrected chi connectivity index (χ4v) is 5.72. The summed E-state index contributed by atoms with van der Waals surface area (Å²) < 4.78 is 2.12. The van der Waals surface area contributed by atoms with Gasteiger partial charge in [-0.05, 0) is 44.2 Å². The number of hydrogen-bond donors (Lipinski definition) is 2. The molecule has 1 aliphatic carbocycles. The highest BCUT2D eigenvalue weighted by Crippen LogP contribution is 2.32. The number of hydrogen-bond acceptors (Lipinski definition) is 6. The molecule has 7 nitrogen and oxygen atoms in total. The standard InChI is InChI=1S/C24H31N7/c1-16(17-5-3-2-4-6-17)28-22-11-18(7-8-25-22)21-13-23-26-9-10-30(23)24(29-21)31-15-19-12-20(31)14-27-19/h7-11,13,16-17,19-20,27H,2-6,12,14-15H2,1H3,(H,25,28). The molecule has 3 atom stereocenters. The predicted octanol–water partition coefficient (Wildman–Crippen LogP) is 3.72. The first-order chi connectivity index (χ1) is 15.2. The fourth-order valence-electron chi connectivity index (χ4n) is 5.72. The van der Waals surface area contributed by atoms with E-state index in [1.54, 1.807) is 0 Å². The minimum absolute atomic E-state index is 0.439. The molecule has 3 aliphatic rings. The zero-order valence-corrected chi connectivity index (χ0v) is 18.2. The van der Waals surface area contributed by atoms with Gasteiger partial charge in [0.25, 0.3) is 0 Å². The largest absolute Gasteiger partial charge is 0.367 e. The second kappa shape index (κ2) is 7.79. The summed E-state index contributed by atoms with van der Waals surface area (Å²) in [7, 11) is 0. The van der Waals surface area contributed by atoms with Crippen molar-refractivity contribution in [2.45, 2.75) is 63.6 Å². The molecule has 0 aromatic carbocycles. The van der Waals surface area contributed by atoms with E-state index in [1.165, 1.54) is 38.5 Å². The predicted molar refractivity (Wildman–Crippen MR) is 123 cm³/mol. The number of nitrogens with zero attached hydrogens (tertiary/aromatic N) is 5. The van der Waals surface area contributed by atoms with Crippen molar-refractivity contribution < 1.29 is 0 Å². The monoisotopic (exact) mass is 417 g/mol. The van der Waals surface area contributed by atoms with E-state index in [0.29, 0.717) is 18.1 Å². The van der Waals surface area contributed by atoms with Gasteiger partial charge in [0.1, 0.15) is 11.5 Å². The van der Waals surface area contributed by atoms with Crippen molar-refractivity contribution in [2.24, 2.45) is 5.92 Å². The first-order valence-electron chi connectivity index (χ1n) is 11.8. The van der Waals surface area contributed by atoms with Crippen molar-refractivity contribution in [3.8, 4) is 11.3 Å². The normalized spacial score (nSPS) is 24.7. The molecule has 1 saturated carbocycles. The highest BCUT2D eigenvalue weighted by atomic mass is 15.4. The van der Waals surface area contributed by atoms with E-state index in [2.05, 4.69) is 55.0 Å². The van der Waals surface area contributed by atoms with Crippen LogP contribution in [-0.2, 0) is 0 Å². The summed E-state index contributed by atoms with van der Waals surface area (Å²) in [5.74, 6) is 2.68. The molecular formula is C24H31N7. The summed E-state index contributed by atoms with van der Waals surface area (Å²) in [6, 6.07) is 7.81. The third-order valence-electron chi connectivity index (χ3n) is 7.47. The van der Waals surface area contributed by atoms with Crippen LogP contribution in [0.2, 0.25) is 0 Å². The van der Waals surface area contributed by atoms with E-state index in [1.807, 2.05) is 18.6 Å². The molecule has 0 amide bonds. The zero-order valence-electron chi connectivity index (χ0n) is 18.2. The van der Waals surface area contributed by atoms with Crippen molar-refractivity contribution >= 4 is 17.4 Å². The van der Waals surface area contributed by atoms with E-state index >= 15 is 0 Å². The lowest BCUT2D eigenvalue weighted by molar-refractivity contribution is 0.328. The third-order valence-corrected chi connectivity index (χ3v) is 7.47. The van der Waals surface area contributed by atoms with Crippen LogP contribution in [0.5, 0.6) is 0 Å². The molecule has 5 heterocycles. The lowest BCUT2D eigenvalue weighted by Crippen LogP contribution is -2.44. The Bertz CT molecular complexity index is 1070. The smallest absolute Gasteiger partial charge is 0.212 e. The van der Waals surface area contributed by atoms with Crippen LogP contribution in [0.15, 0.2) is 36.8 Å². The Balaban J connectivity index is 1.30. The van der Waals surface area contributed by atoms with Gasteiger partial charge in [-0.1, -0.05) is 19.3 Å². The number of piperazine rings is 1. The second-order valence-corrected chi connectivity index (χ2v) is 9.50. The number of rotatable bonds is 5. The van der Waals surface area contributed by atoms with Crippen LogP contribution >= 0.6 is 0 Å². The molecule has 0 radical (unpaired) electrons. The molecular weight excluding hydrogens is 386 g/mol. The van der Waals surface area contributed by atoms with E-state index in [9.17, 15) is 0 Å². The molecule has 3 fully saturated rings. The Morgan fingerprint density at radius 2 is 2.03 bits per heavy atom. The molecule has 2 N–H and O–H groups in total. The van der Waals surface area contributed by atoms with Crippen LogP contribution < -0.4 is 15.5 Å². The van der Waals surface area contributed by atoms with Gasteiger partial charge in [0.15, 0.2) is 0 Å². The van der Waals surface area contributed by atoms with Crippen molar-refractivity contribution in [1.29, 1.82) is 0 Å². The maximum atomic E-state index is 5.12. The summed E-state index contributed by atoms with van der Waals surface area (Å²) in [5, 5.41) is 7.25. The molecule has 7 heteroatoms. The van der Waals surface area contributed by atoms with Gasteiger partial charge < -0.3 is 15.5 Å². The number of pyridine rings is 1. The van der Waals surface area contributed by atoms with Gasteiger partial charge in [0, 0.05) is 61.4 Å². The minimum Gasteiger partial charge on any atom is -0.367 e. The van der Waals surface area contributed by atoms with Gasteiger partial charge in [-0.2, -0.15) is 0 Å². The van der Waals surface area contributed by atoms with Crippen molar-refractivity contribution in [3.05, 3.63) is 36.8 Å². The molecule has 2 saturated heterocycles. The Hall–Kier alpha value is -2.67. The Morgan fingerprint density at radius 1 is 1.13 bits per heavy atom. The van der Waals surface area contributed by atoms with E-state index < -0.39 is 0 Å². The van der Waals surface area contributed by atoms with Crippen LogP contribution in [0, 0.1) is 5.92 Å². The van der Waals surface area contributed by atoms with Gasteiger partial charge in [0.05, 0.1) is 5.69 Å². The van der Waals surface area contributed by atoms with Gasteiger partial charge in [0.2, 0.25) is 5.95 Å². The van der Waals surface area contributed by atoms with Gasteiger partial charge in [-0.25, -0.2) is 15.0 Å². The molecule has 2 bridgehead atoms. The van der Waals surface area contributed by atoms with Crippen LogP contribution in [0.25, 0.3) is 16.9 Å². The van der Waals surface area contributed by atoms with Gasteiger partial charge >= 0.3 is 0 Å². The first kappa shape index (κ1) is 19.0. The number of nitrogens with one attached hydrogen (secondary N) is 2. The fraction of sp³-hybridized carbons (Fsp3) is 0.542. The summed E-state index contributed by atoms with van der Waals surface area (Å²) >= 11 is 0. The van der Waals surface area contributed by atoms with Crippen LogP contribution in [0.4, 0.5) is 11.8 Å². The lowest BCUT2D eigenvalue weighted by atomic mass is 9.84. The number of anilines is 2. The van der Waals surface area contributed by atoms with Crippen LogP contribution in [-0.4, -0.2) is 50.6 Å². The average Bonchev–Trinajstić information content (AvgIpc) is 3.56. The average molecular weight is 418 g/mol. The Kier molecular flexibility index (Phi) is 4.78. The summed E-state index contributed by atoms with van der Waals surface area (Å²) in [5.41, 5.74) is 2.99. The second-order valence-electron chi connectivity index (χ2n) is 9.50. The molecule has 31 heavy (non-hydrogen) atoms. The highest BCUT2D eigenvalue weighted by Gasteiger charge is 2.39. The Morgan fingerprint density at radius 3 is 2.84 bits per heavy atom. The lowest BCUT2D eigenvalue weighted by Gasteiger charge is -2.29. The Labute approximate surface area is 183 Å².